The molecule has 2 atom stereocenters. The number of sulfonamides is 1. The molecule has 0 aliphatic heterocycles. The Morgan fingerprint density at radius 2 is 1.88 bits per heavy atom. The second kappa shape index (κ2) is 9.17. The molecule has 0 amide bonds. The molecule has 1 fully saturated rings. The average molecular weight is 511 g/mol. The Bertz CT molecular complexity index is 1480. The quantitative estimate of drug-likeness (QED) is 0.429. The van der Waals surface area contributed by atoms with Crippen molar-refractivity contribution in [3.63, 3.8) is 0 Å². The topological polar surface area (TPSA) is 154 Å². The van der Waals surface area contributed by atoms with Crippen LogP contribution in [0.2, 0.25) is 5.02 Å². The molecular formula is C21H27ClN6O5S. The zero-order chi connectivity index (χ0) is 24.8. The van der Waals surface area contributed by atoms with E-state index in [0.29, 0.717) is 24.5 Å². The van der Waals surface area contributed by atoms with Crippen LogP contribution in [0.4, 0.5) is 5.95 Å². The van der Waals surface area contributed by atoms with Crippen molar-refractivity contribution in [2.45, 2.75) is 69.8 Å². The van der Waals surface area contributed by atoms with Gasteiger partial charge in [0.15, 0.2) is 11.2 Å². The number of aryl methyl sites for hydroxylation is 1. The van der Waals surface area contributed by atoms with E-state index < -0.39 is 27.4 Å². The number of benzene rings is 1. The number of rotatable bonds is 7. The first-order chi connectivity index (χ1) is 16.1. The van der Waals surface area contributed by atoms with Crippen molar-refractivity contribution in [3.05, 3.63) is 49.6 Å². The summed E-state index contributed by atoms with van der Waals surface area (Å²) in [6.07, 6.45) is 1.69. The van der Waals surface area contributed by atoms with Crippen molar-refractivity contribution < 1.29 is 13.5 Å². The van der Waals surface area contributed by atoms with Gasteiger partial charge in [-0.05, 0) is 50.8 Å². The fourth-order valence-electron chi connectivity index (χ4n) is 4.45. The number of hydrogen-bond acceptors (Lipinski definition) is 7. The largest absolute Gasteiger partial charge is 0.391 e. The minimum atomic E-state index is -3.99. The van der Waals surface area contributed by atoms with Crippen LogP contribution < -0.4 is 21.7 Å². The molecule has 0 radical (unpaired) electrons. The number of primary sulfonamides is 1. The maximum absolute atomic E-state index is 13.3. The summed E-state index contributed by atoms with van der Waals surface area (Å²) in [6, 6.07) is 4.08. The Kier molecular flexibility index (Phi) is 6.60. The highest BCUT2D eigenvalue weighted by Crippen LogP contribution is 2.27. The van der Waals surface area contributed by atoms with Gasteiger partial charge >= 0.3 is 5.69 Å². The Hall–Kier alpha value is -2.67. The van der Waals surface area contributed by atoms with Crippen LogP contribution in [-0.2, 0) is 29.7 Å². The van der Waals surface area contributed by atoms with Crippen LogP contribution in [0.25, 0.3) is 11.2 Å². The lowest BCUT2D eigenvalue weighted by molar-refractivity contribution is 0.171. The van der Waals surface area contributed by atoms with Crippen molar-refractivity contribution in [2.24, 2.45) is 5.14 Å². The van der Waals surface area contributed by atoms with E-state index in [1.807, 2.05) is 0 Å². The summed E-state index contributed by atoms with van der Waals surface area (Å²) in [5, 5.41) is 18.7. The molecule has 34 heavy (non-hydrogen) atoms. The molecule has 1 aliphatic carbocycles. The van der Waals surface area contributed by atoms with Gasteiger partial charge in [-0.2, -0.15) is 4.98 Å². The van der Waals surface area contributed by atoms with Gasteiger partial charge in [0.1, 0.15) is 4.90 Å². The van der Waals surface area contributed by atoms with Crippen LogP contribution in [0.1, 0.15) is 38.7 Å². The lowest BCUT2D eigenvalue weighted by atomic mass is 10.2. The lowest BCUT2D eigenvalue weighted by Crippen LogP contribution is -2.40. The first-order valence-electron chi connectivity index (χ1n) is 11.1. The Labute approximate surface area is 200 Å². The summed E-state index contributed by atoms with van der Waals surface area (Å²) in [5.41, 5.74) is 0.143. The number of aliphatic hydroxyl groups is 1. The van der Waals surface area contributed by atoms with E-state index in [0.717, 1.165) is 17.4 Å². The molecule has 2 heterocycles. The molecule has 4 rings (SSSR count). The molecule has 1 unspecified atom stereocenters. The molecule has 1 saturated carbocycles. The number of nitrogens with one attached hydrogen (secondary N) is 1. The molecule has 4 N–H and O–H groups in total. The number of aliphatic hydroxyl groups excluding tert-OH is 1. The van der Waals surface area contributed by atoms with Gasteiger partial charge in [-0.1, -0.05) is 17.7 Å². The third kappa shape index (κ3) is 4.26. The van der Waals surface area contributed by atoms with Crippen LogP contribution in [0.5, 0.6) is 0 Å². The first kappa shape index (κ1) is 24.5. The van der Waals surface area contributed by atoms with Crippen LogP contribution >= 0.6 is 11.6 Å². The predicted octanol–water partition coefficient (Wildman–Crippen LogP) is 1.07. The van der Waals surface area contributed by atoms with Gasteiger partial charge in [-0.25, -0.2) is 18.4 Å². The fraction of sp³-hybridized carbons (Fsp3) is 0.476. The molecule has 1 aromatic carbocycles. The Balaban J connectivity index is 1.92. The SMILES string of the molecule is CCn1c(=O)c2c(nc(NC3CCC[C@H]3O)n2Cc2ccc(S(N)(=O)=O)c(Cl)c2)n(CC)c1=O. The number of imidazole rings is 1. The number of aromatic nitrogens is 4. The van der Waals surface area contributed by atoms with Gasteiger partial charge in [-0.15, -0.1) is 0 Å². The van der Waals surface area contributed by atoms with Crippen molar-refractivity contribution in [1.29, 1.82) is 0 Å². The number of halogens is 1. The zero-order valence-electron chi connectivity index (χ0n) is 18.9. The smallest absolute Gasteiger partial charge is 0.332 e. The second-order valence-corrected chi connectivity index (χ2v) is 10.3. The van der Waals surface area contributed by atoms with E-state index >= 15 is 0 Å². The molecule has 13 heteroatoms. The molecule has 3 aromatic rings. The van der Waals surface area contributed by atoms with Gasteiger partial charge in [0.2, 0.25) is 16.0 Å². The van der Waals surface area contributed by atoms with Crippen LogP contribution in [0.15, 0.2) is 32.7 Å². The highest BCUT2D eigenvalue weighted by molar-refractivity contribution is 7.89. The van der Waals surface area contributed by atoms with E-state index in [4.69, 9.17) is 16.7 Å². The van der Waals surface area contributed by atoms with Gasteiger partial charge in [0.05, 0.1) is 23.7 Å². The zero-order valence-corrected chi connectivity index (χ0v) is 20.4. The molecule has 2 aromatic heterocycles. The maximum atomic E-state index is 13.3. The lowest BCUT2D eigenvalue weighted by Gasteiger charge is -2.18. The van der Waals surface area contributed by atoms with Crippen molar-refractivity contribution in [3.8, 4) is 0 Å². The number of fused-ring (bicyclic) bond motifs is 1. The summed E-state index contributed by atoms with van der Waals surface area (Å²) >= 11 is 6.17. The maximum Gasteiger partial charge on any atom is 0.332 e. The normalized spacial score (nSPS) is 18.6. The molecule has 1 aliphatic rings. The van der Waals surface area contributed by atoms with E-state index in [1.165, 1.54) is 16.7 Å². The number of hydrogen-bond donors (Lipinski definition) is 3. The molecule has 0 spiro atoms. The van der Waals surface area contributed by atoms with Gasteiger partial charge < -0.3 is 10.4 Å². The van der Waals surface area contributed by atoms with Gasteiger partial charge in [-0.3, -0.25) is 18.5 Å². The molecule has 0 saturated heterocycles. The van der Waals surface area contributed by atoms with Crippen molar-refractivity contribution in [1.82, 2.24) is 18.7 Å². The highest BCUT2D eigenvalue weighted by Gasteiger charge is 2.28. The summed E-state index contributed by atoms with van der Waals surface area (Å²) in [4.78, 5) is 30.6. The van der Waals surface area contributed by atoms with E-state index in [-0.39, 0.29) is 40.2 Å². The second-order valence-electron chi connectivity index (χ2n) is 8.33. The highest BCUT2D eigenvalue weighted by atomic mass is 35.5. The van der Waals surface area contributed by atoms with Crippen molar-refractivity contribution in [2.75, 3.05) is 5.32 Å². The van der Waals surface area contributed by atoms with Gasteiger partial charge in [0, 0.05) is 13.1 Å². The van der Waals surface area contributed by atoms with Crippen LogP contribution in [-0.4, -0.2) is 44.4 Å². The number of nitrogens with zero attached hydrogens (tertiary/aromatic N) is 4. The van der Waals surface area contributed by atoms with Gasteiger partial charge in [0.25, 0.3) is 5.56 Å². The monoisotopic (exact) mass is 510 g/mol. The first-order valence-corrected chi connectivity index (χ1v) is 13.0. The van der Waals surface area contributed by atoms with Crippen LogP contribution in [0.3, 0.4) is 0 Å². The fourth-order valence-corrected chi connectivity index (χ4v) is 5.56. The summed E-state index contributed by atoms with van der Waals surface area (Å²) < 4.78 is 27.7. The van der Waals surface area contributed by atoms with Crippen molar-refractivity contribution >= 4 is 38.7 Å². The third-order valence-corrected chi connectivity index (χ3v) is 7.58. The van der Waals surface area contributed by atoms with E-state index in [9.17, 15) is 23.1 Å². The minimum Gasteiger partial charge on any atom is -0.391 e. The number of nitrogens with two attached hydrogens (primary N) is 1. The van der Waals surface area contributed by atoms with E-state index in [2.05, 4.69) is 10.3 Å². The molecule has 11 nitrogen and oxygen atoms in total. The molecular weight excluding hydrogens is 484 g/mol. The summed E-state index contributed by atoms with van der Waals surface area (Å²) in [5.74, 6) is 0.333. The predicted molar refractivity (Wildman–Crippen MR) is 129 cm³/mol. The molecule has 0 bridgehead atoms. The minimum absolute atomic E-state index is 0.0402. The average Bonchev–Trinajstić information content (AvgIpc) is 3.32. The standard InChI is InChI=1S/C21H27ClN6O5S/c1-3-26-18-17(19(30)27(4-2)21(26)31)28(20(25-18)24-14-6-5-7-15(14)29)11-12-8-9-16(13(22)10-12)34(23,32)33/h8-10,14-15,29H,3-7,11H2,1-2H3,(H,24,25)(H2,23,32,33)/t14?,15-/m1/s1. The summed E-state index contributed by atoms with van der Waals surface area (Å²) in [6.45, 7) is 4.14. The third-order valence-electron chi connectivity index (χ3n) is 6.18. The summed E-state index contributed by atoms with van der Waals surface area (Å²) in [7, 11) is -3.99. The van der Waals surface area contributed by atoms with E-state index in [1.54, 1.807) is 24.5 Å². The molecule has 184 valence electrons. The Morgan fingerprint density at radius 1 is 1.18 bits per heavy atom. The van der Waals surface area contributed by atoms with Crippen LogP contribution in [0, 0.1) is 0 Å². The number of anilines is 1. The Morgan fingerprint density at radius 3 is 2.44 bits per heavy atom.